The first-order valence-corrected chi connectivity index (χ1v) is 14.6. The molecule has 44 heavy (non-hydrogen) atoms. The van der Waals surface area contributed by atoms with Crippen molar-refractivity contribution in [1.29, 1.82) is 0 Å². The predicted octanol–water partition coefficient (Wildman–Crippen LogP) is 4.71. The van der Waals surface area contributed by atoms with Crippen LogP contribution in [-0.2, 0) is 6.61 Å². The zero-order valence-corrected chi connectivity index (χ0v) is 25.5. The summed E-state index contributed by atoms with van der Waals surface area (Å²) in [6.45, 7) is 6.59. The van der Waals surface area contributed by atoms with E-state index in [0.717, 1.165) is 64.7 Å². The van der Waals surface area contributed by atoms with Crippen LogP contribution in [0.25, 0.3) is 0 Å². The van der Waals surface area contributed by atoms with Crippen LogP contribution in [0, 0.1) is 23.4 Å². The molecule has 2 aromatic carbocycles. The lowest BCUT2D eigenvalue weighted by atomic mass is 9.95. The molecule has 0 bridgehead atoms. The van der Waals surface area contributed by atoms with Crippen LogP contribution in [0.3, 0.4) is 0 Å². The molecular formula is C31H39F3N6O4. The molecule has 2 aliphatic heterocycles. The van der Waals surface area contributed by atoms with Crippen molar-refractivity contribution in [3.63, 3.8) is 0 Å². The first kappa shape index (κ1) is 31.5. The van der Waals surface area contributed by atoms with Crippen molar-refractivity contribution < 1.29 is 32.1 Å². The van der Waals surface area contributed by atoms with Crippen molar-refractivity contribution in [2.45, 2.75) is 19.4 Å². The number of hydrogen-bond donors (Lipinski definition) is 1. The summed E-state index contributed by atoms with van der Waals surface area (Å²) in [5, 5.41) is 2.98. The van der Waals surface area contributed by atoms with Gasteiger partial charge in [0.1, 0.15) is 18.0 Å². The van der Waals surface area contributed by atoms with E-state index < -0.39 is 24.1 Å². The second-order valence-electron chi connectivity index (χ2n) is 11.1. The van der Waals surface area contributed by atoms with E-state index in [1.165, 1.54) is 39.8 Å². The Balaban J connectivity index is 1.19. The topological polar surface area (TPSA) is 84.5 Å². The monoisotopic (exact) mass is 616 g/mol. The first-order chi connectivity index (χ1) is 21.3. The van der Waals surface area contributed by atoms with Gasteiger partial charge in [-0.1, -0.05) is 0 Å². The van der Waals surface area contributed by atoms with E-state index in [1.54, 1.807) is 6.07 Å². The molecule has 3 heterocycles. The Morgan fingerprint density at radius 1 is 0.818 bits per heavy atom. The fourth-order valence-corrected chi connectivity index (χ4v) is 5.65. The molecule has 10 nitrogen and oxygen atoms in total. The number of methoxy groups -OCH3 is 3. The van der Waals surface area contributed by atoms with Gasteiger partial charge in [0.05, 0.1) is 39.3 Å². The Kier molecular flexibility index (Phi) is 10.2. The van der Waals surface area contributed by atoms with Gasteiger partial charge >= 0.3 is 0 Å². The maximum Gasteiger partial charge on any atom is 0.227 e. The van der Waals surface area contributed by atoms with Crippen molar-refractivity contribution in [1.82, 2.24) is 19.8 Å². The molecule has 0 radical (unpaired) electrons. The zero-order valence-electron chi connectivity index (χ0n) is 25.5. The number of nitrogens with zero attached hydrogens (tertiary/aromatic N) is 5. The highest BCUT2D eigenvalue weighted by molar-refractivity contribution is 5.68. The van der Waals surface area contributed by atoms with Crippen LogP contribution < -0.4 is 29.2 Å². The van der Waals surface area contributed by atoms with Gasteiger partial charge in [-0.05, 0) is 31.9 Å². The number of piperazine rings is 1. The SMILES string of the molecule is COc1cc(OC)c(F)c(COc2cnc(Nc3cc(F)c(N4CCC(CN5CCN(C)CC5)CC4)c(OC)c3)nc2)c1F. The maximum atomic E-state index is 15.5. The predicted molar refractivity (Wildman–Crippen MR) is 161 cm³/mol. The van der Waals surface area contributed by atoms with E-state index in [1.807, 2.05) is 0 Å². The van der Waals surface area contributed by atoms with Gasteiger partial charge in [0, 0.05) is 63.6 Å². The Morgan fingerprint density at radius 3 is 2.02 bits per heavy atom. The molecule has 5 rings (SSSR count). The minimum Gasteiger partial charge on any atom is -0.494 e. The van der Waals surface area contributed by atoms with Crippen LogP contribution in [-0.4, -0.2) is 94.0 Å². The fraction of sp³-hybridized carbons (Fsp3) is 0.484. The van der Waals surface area contributed by atoms with E-state index in [9.17, 15) is 8.78 Å². The lowest BCUT2D eigenvalue weighted by Gasteiger charge is -2.39. The number of nitrogens with one attached hydrogen (secondary N) is 1. The molecule has 13 heteroatoms. The van der Waals surface area contributed by atoms with Crippen LogP contribution in [0.2, 0.25) is 0 Å². The van der Waals surface area contributed by atoms with Gasteiger partial charge in [0.2, 0.25) is 5.95 Å². The molecule has 0 aliphatic carbocycles. The zero-order chi connectivity index (χ0) is 31.2. The van der Waals surface area contributed by atoms with Gasteiger partial charge in [0.25, 0.3) is 0 Å². The average Bonchev–Trinajstić information content (AvgIpc) is 3.03. The molecule has 0 saturated carbocycles. The van der Waals surface area contributed by atoms with Gasteiger partial charge in [0.15, 0.2) is 34.7 Å². The van der Waals surface area contributed by atoms with Gasteiger partial charge in [-0.25, -0.2) is 23.1 Å². The third-order valence-electron chi connectivity index (χ3n) is 8.22. The molecular weight excluding hydrogens is 577 g/mol. The summed E-state index contributed by atoms with van der Waals surface area (Å²) in [4.78, 5) is 15.3. The summed E-state index contributed by atoms with van der Waals surface area (Å²) in [6.07, 6.45) is 4.69. The third-order valence-corrected chi connectivity index (χ3v) is 8.22. The quantitative estimate of drug-likeness (QED) is 0.327. The molecule has 3 aromatic rings. The van der Waals surface area contributed by atoms with E-state index in [0.29, 0.717) is 23.0 Å². The molecule has 0 unspecified atom stereocenters. The van der Waals surface area contributed by atoms with Crippen LogP contribution in [0.15, 0.2) is 30.6 Å². The lowest BCUT2D eigenvalue weighted by Crippen LogP contribution is -2.47. The molecule has 238 valence electrons. The van der Waals surface area contributed by atoms with E-state index in [-0.39, 0.29) is 28.8 Å². The number of ether oxygens (including phenoxy) is 4. The maximum absolute atomic E-state index is 15.5. The Labute approximate surface area is 255 Å². The van der Waals surface area contributed by atoms with E-state index >= 15 is 4.39 Å². The Bertz CT molecular complexity index is 1390. The summed E-state index contributed by atoms with van der Waals surface area (Å²) < 4.78 is 65.7. The minimum atomic E-state index is -0.889. The standard InChI is InChI=1S/C31H39F3N6O4/c1-38-9-11-39(12-10-38)18-20-5-7-40(8-6-20)30-24(32)13-21(14-27(30)43-4)37-31-35-16-22(17-36-31)44-19-23-28(33)25(41-2)15-26(42-3)29(23)34/h13-17,20H,5-12,18-19H2,1-4H3,(H,35,36,37). The highest BCUT2D eigenvalue weighted by Gasteiger charge is 2.27. The lowest BCUT2D eigenvalue weighted by molar-refractivity contribution is 0.129. The number of piperidine rings is 1. The van der Waals surface area contributed by atoms with Gasteiger partial charge in [-0.3, -0.25) is 0 Å². The number of anilines is 3. The van der Waals surface area contributed by atoms with Crippen LogP contribution >= 0.6 is 0 Å². The molecule has 1 aromatic heterocycles. The molecule has 2 fully saturated rings. The van der Waals surface area contributed by atoms with Crippen LogP contribution in [0.5, 0.6) is 23.0 Å². The summed E-state index contributed by atoms with van der Waals surface area (Å²) in [6, 6.07) is 4.23. The van der Waals surface area contributed by atoms with Crippen molar-refractivity contribution in [2.75, 3.05) is 84.4 Å². The third kappa shape index (κ3) is 7.21. The molecule has 0 atom stereocenters. The number of likely N-dealkylation sites (N-methyl/N-ethyl adjacent to an activating group) is 1. The van der Waals surface area contributed by atoms with E-state index in [4.69, 9.17) is 18.9 Å². The second kappa shape index (κ2) is 14.2. The molecule has 0 amide bonds. The normalized spacial score (nSPS) is 16.6. The summed E-state index contributed by atoms with van der Waals surface area (Å²) >= 11 is 0. The van der Waals surface area contributed by atoms with Gasteiger partial charge in [-0.2, -0.15) is 0 Å². The van der Waals surface area contributed by atoms with Crippen molar-refractivity contribution >= 4 is 17.3 Å². The number of benzene rings is 2. The largest absolute Gasteiger partial charge is 0.494 e. The molecule has 2 saturated heterocycles. The molecule has 0 spiro atoms. The summed E-state index contributed by atoms with van der Waals surface area (Å²) in [7, 11) is 6.23. The van der Waals surface area contributed by atoms with Crippen LogP contribution in [0.1, 0.15) is 18.4 Å². The fourth-order valence-electron chi connectivity index (χ4n) is 5.65. The number of halogens is 3. The highest BCUT2D eigenvalue weighted by atomic mass is 19.1. The van der Waals surface area contributed by atoms with E-state index in [2.05, 4.69) is 37.0 Å². The minimum absolute atomic E-state index is 0.169. The van der Waals surface area contributed by atoms with Crippen molar-refractivity contribution in [2.24, 2.45) is 5.92 Å². The first-order valence-electron chi connectivity index (χ1n) is 14.6. The molecule has 1 N–H and O–H groups in total. The van der Waals surface area contributed by atoms with Gasteiger partial charge < -0.3 is 39.0 Å². The highest BCUT2D eigenvalue weighted by Crippen LogP contribution is 2.37. The summed E-state index contributed by atoms with van der Waals surface area (Å²) in [5.41, 5.74) is 0.508. The van der Waals surface area contributed by atoms with Crippen molar-refractivity contribution in [3.05, 3.63) is 53.6 Å². The van der Waals surface area contributed by atoms with Crippen LogP contribution in [0.4, 0.5) is 30.5 Å². The average molecular weight is 617 g/mol. The smallest absolute Gasteiger partial charge is 0.227 e. The van der Waals surface area contributed by atoms with Crippen molar-refractivity contribution in [3.8, 4) is 23.0 Å². The number of rotatable bonds is 11. The summed E-state index contributed by atoms with van der Waals surface area (Å²) in [5.74, 6) is -1.15. The number of aromatic nitrogens is 2. The number of hydrogen-bond acceptors (Lipinski definition) is 10. The molecule has 2 aliphatic rings. The Morgan fingerprint density at radius 2 is 1.43 bits per heavy atom. The Hall–Kier alpha value is -3.97. The van der Waals surface area contributed by atoms with Gasteiger partial charge in [-0.15, -0.1) is 0 Å². The second-order valence-corrected chi connectivity index (χ2v) is 11.1.